The van der Waals surface area contributed by atoms with Crippen molar-refractivity contribution in [2.45, 2.75) is 6.92 Å². The molecule has 0 radical (unpaired) electrons. The number of rotatable bonds is 9. The Morgan fingerprint density at radius 2 is 1.64 bits per heavy atom. The minimum atomic E-state index is -0.682. The highest BCUT2D eigenvalue weighted by atomic mass is 79.9. The number of esters is 1. The summed E-state index contributed by atoms with van der Waals surface area (Å²) in [4.78, 5) is 47.9. The molecular formula is C31H23BrN4O6. The summed E-state index contributed by atoms with van der Waals surface area (Å²) < 4.78 is 6.11. The van der Waals surface area contributed by atoms with Gasteiger partial charge in [-0.3, -0.25) is 19.7 Å². The van der Waals surface area contributed by atoms with Crippen molar-refractivity contribution in [3.63, 3.8) is 0 Å². The molecule has 0 aliphatic heterocycles. The van der Waals surface area contributed by atoms with E-state index in [0.717, 1.165) is 5.56 Å². The molecule has 210 valence electrons. The van der Waals surface area contributed by atoms with E-state index >= 15 is 0 Å². The van der Waals surface area contributed by atoms with E-state index in [1.807, 2.05) is 19.1 Å². The van der Waals surface area contributed by atoms with Crippen LogP contribution in [0.2, 0.25) is 0 Å². The second kappa shape index (κ2) is 13.8. The predicted octanol–water partition coefficient (Wildman–Crippen LogP) is 6.30. The molecule has 0 spiro atoms. The number of hydrogen-bond acceptors (Lipinski definition) is 7. The number of benzene rings is 4. The number of ether oxygens (including phenoxy) is 1. The number of nitrogens with one attached hydrogen (secondary N) is 2. The first-order chi connectivity index (χ1) is 20.2. The monoisotopic (exact) mass is 626 g/mol. The van der Waals surface area contributed by atoms with Crippen molar-refractivity contribution < 1.29 is 24.0 Å². The average Bonchev–Trinajstić information content (AvgIpc) is 2.98. The Morgan fingerprint density at radius 3 is 2.36 bits per heavy atom. The van der Waals surface area contributed by atoms with Crippen LogP contribution >= 0.6 is 15.9 Å². The van der Waals surface area contributed by atoms with Gasteiger partial charge >= 0.3 is 5.97 Å². The third-order valence-electron chi connectivity index (χ3n) is 5.76. The molecule has 10 nitrogen and oxygen atoms in total. The zero-order chi connectivity index (χ0) is 30.1. The Labute approximate surface area is 249 Å². The van der Waals surface area contributed by atoms with Crippen molar-refractivity contribution in [2.75, 3.05) is 5.32 Å². The van der Waals surface area contributed by atoms with Crippen LogP contribution < -0.4 is 15.5 Å². The van der Waals surface area contributed by atoms with Gasteiger partial charge in [0.2, 0.25) is 0 Å². The summed E-state index contributed by atoms with van der Waals surface area (Å²) in [5.74, 6) is -1.31. The normalized spacial score (nSPS) is 10.9. The number of anilines is 1. The third-order valence-corrected chi connectivity index (χ3v) is 6.26. The number of nitrogens with zero attached hydrogens (tertiary/aromatic N) is 2. The number of nitro groups is 1. The molecule has 0 saturated carbocycles. The lowest BCUT2D eigenvalue weighted by Crippen LogP contribution is -2.18. The van der Waals surface area contributed by atoms with Gasteiger partial charge in [-0.05, 0) is 79.2 Å². The van der Waals surface area contributed by atoms with Crippen LogP contribution in [0.4, 0.5) is 11.4 Å². The Hall–Kier alpha value is -5.42. The largest absolute Gasteiger partial charge is 0.423 e. The van der Waals surface area contributed by atoms with Gasteiger partial charge in [0.15, 0.2) is 0 Å². The van der Waals surface area contributed by atoms with Crippen LogP contribution in [0.15, 0.2) is 107 Å². The molecule has 11 heteroatoms. The number of hydrogen-bond donors (Lipinski definition) is 2. The number of amides is 2. The van der Waals surface area contributed by atoms with E-state index in [1.165, 1.54) is 48.7 Å². The van der Waals surface area contributed by atoms with Crippen LogP contribution in [-0.2, 0) is 4.79 Å². The van der Waals surface area contributed by atoms with E-state index in [-0.39, 0.29) is 22.9 Å². The van der Waals surface area contributed by atoms with E-state index in [9.17, 15) is 24.5 Å². The molecule has 0 bridgehead atoms. The first-order valence-corrected chi connectivity index (χ1v) is 13.2. The molecule has 4 rings (SSSR count). The fourth-order valence-corrected chi connectivity index (χ4v) is 3.98. The van der Waals surface area contributed by atoms with Crippen LogP contribution in [0.25, 0.3) is 6.08 Å². The molecule has 4 aromatic carbocycles. The molecule has 0 aliphatic carbocycles. The van der Waals surface area contributed by atoms with Gasteiger partial charge in [-0.1, -0.05) is 39.7 Å². The molecule has 0 saturated heterocycles. The van der Waals surface area contributed by atoms with Crippen LogP contribution in [-0.4, -0.2) is 28.9 Å². The maximum atomic E-state index is 12.7. The maximum absolute atomic E-state index is 12.7. The quantitative estimate of drug-likeness (QED) is 0.0558. The fraction of sp³-hybridized carbons (Fsp3) is 0.0323. The number of aryl methyl sites for hydroxylation is 1. The van der Waals surface area contributed by atoms with Crippen molar-refractivity contribution in [1.29, 1.82) is 0 Å². The molecule has 42 heavy (non-hydrogen) atoms. The Balaban J connectivity index is 1.38. The number of carbonyl (C=O) groups is 3. The zero-order valence-corrected chi connectivity index (χ0v) is 23.7. The topological polar surface area (TPSA) is 140 Å². The highest BCUT2D eigenvalue weighted by Crippen LogP contribution is 2.22. The van der Waals surface area contributed by atoms with Gasteiger partial charge in [0.05, 0.1) is 11.1 Å². The van der Waals surface area contributed by atoms with Gasteiger partial charge in [-0.25, -0.2) is 10.2 Å². The molecular weight excluding hydrogens is 604 g/mol. The third kappa shape index (κ3) is 8.29. The van der Waals surface area contributed by atoms with Crippen molar-refractivity contribution >= 4 is 57.4 Å². The second-order valence-corrected chi connectivity index (χ2v) is 9.80. The summed E-state index contributed by atoms with van der Waals surface area (Å²) in [5.41, 5.74) is 5.60. The predicted molar refractivity (Wildman–Crippen MR) is 163 cm³/mol. The summed E-state index contributed by atoms with van der Waals surface area (Å²) in [6.45, 7) is 1.93. The number of non-ortho nitro benzene ring substituents is 1. The molecule has 2 amide bonds. The Bertz CT molecular complexity index is 1700. The molecule has 0 atom stereocenters. The summed E-state index contributed by atoms with van der Waals surface area (Å²) in [6, 6.07) is 24.1. The fourth-order valence-electron chi connectivity index (χ4n) is 3.60. The highest BCUT2D eigenvalue weighted by molar-refractivity contribution is 9.10. The number of nitro benzene ring substituents is 1. The summed E-state index contributed by atoms with van der Waals surface area (Å²) in [5, 5.41) is 17.5. The number of carbonyl (C=O) groups excluding carboxylic acids is 3. The minimum absolute atomic E-state index is 0.0572. The van der Waals surface area contributed by atoms with Crippen LogP contribution in [0.3, 0.4) is 0 Å². The van der Waals surface area contributed by atoms with E-state index in [1.54, 1.807) is 48.5 Å². The maximum Gasteiger partial charge on any atom is 0.336 e. The van der Waals surface area contributed by atoms with Crippen molar-refractivity contribution in [2.24, 2.45) is 5.10 Å². The van der Waals surface area contributed by atoms with Crippen molar-refractivity contribution in [1.82, 2.24) is 5.43 Å². The van der Waals surface area contributed by atoms with Gasteiger partial charge in [0.1, 0.15) is 5.75 Å². The van der Waals surface area contributed by atoms with E-state index in [4.69, 9.17) is 4.74 Å². The summed E-state index contributed by atoms with van der Waals surface area (Å²) in [7, 11) is 0. The second-order valence-electron chi connectivity index (χ2n) is 8.89. The number of halogens is 1. The summed E-state index contributed by atoms with van der Waals surface area (Å²) in [6.07, 6.45) is 3.99. The highest BCUT2D eigenvalue weighted by Gasteiger charge is 2.11. The first kappa shape index (κ1) is 29.6. The molecule has 4 aromatic rings. The van der Waals surface area contributed by atoms with E-state index in [0.29, 0.717) is 26.9 Å². The standard InChI is InChI=1S/C31H23BrN4O6/c1-20-5-10-22(11-6-20)30(38)34-26-4-2-3-23(18-26)31(39)35-33-19-24-17-25(32)12-15-28(24)42-29(37)16-9-21-7-13-27(14-8-21)36(40)41/h2-19H,1H3,(H,34,38)(H,35,39)/b16-9+,33-19?. The lowest BCUT2D eigenvalue weighted by atomic mass is 10.1. The minimum Gasteiger partial charge on any atom is -0.423 e. The van der Waals surface area contributed by atoms with Crippen molar-refractivity contribution in [3.8, 4) is 5.75 Å². The molecule has 2 N–H and O–H groups in total. The van der Waals surface area contributed by atoms with E-state index < -0.39 is 16.8 Å². The van der Waals surface area contributed by atoms with Crippen LogP contribution in [0, 0.1) is 17.0 Å². The molecule has 0 unspecified atom stereocenters. The van der Waals surface area contributed by atoms with Gasteiger partial charge < -0.3 is 10.1 Å². The lowest BCUT2D eigenvalue weighted by molar-refractivity contribution is -0.384. The van der Waals surface area contributed by atoms with Crippen LogP contribution in [0.1, 0.15) is 37.4 Å². The molecule has 0 aromatic heterocycles. The van der Waals surface area contributed by atoms with Crippen LogP contribution in [0.5, 0.6) is 5.75 Å². The van der Waals surface area contributed by atoms with E-state index in [2.05, 4.69) is 31.8 Å². The molecule has 0 fully saturated rings. The average molecular weight is 627 g/mol. The lowest BCUT2D eigenvalue weighted by Gasteiger charge is -2.08. The smallest absolute Gasteiger partial charge is 0.336 e. The van der Waals surface area contributed by atoms with Gasteiger partial charge in [0, 0.05) is 45.1 Å². The Morgan fingerprint density at radius 1 is 0.905 bits per heavy atom. The summed E-state index contributed by atoms with van der Waals surface area (Å²) >= 11 is 3.36. The van der Waals surface area contributed by atoms with Gasteiger partial charge in [-0.2, -0.15) is 5.10 Å². The van der Waals surface area contributed by atoms with Gasteiger partial charge in [-0.15, -0.1) is 0 Å². The molecule has 0 heterocycles. The van der Waals surface area contributed by atoms with Crippen molar-refractivity contribution in [3.05, 3.63) is 139 Å². The SMILES string of the molecule is Cc1ccc(C(=O)Nc2cccc(C(=O)NN=Cc3cc(Br)ccc3OC(=O)/C=C/c3ccc([N+](=O)[O-])cc3)c2)cc1. The first-order valence-electron chi connectivity index (χ1n) is 12.4. The van der Waals surface area contributed by atoms with Gasteiger partial charge in [0.25, 0.3) is 17.5 Å². The Kier molecular flexibility index (Phi) is 9.69. The number of hydrazone groups is 1. The molecule has 0 aliphatic rings. The zero-order valence-electron chi connectivity index (χ0n) is 22.1.